The molecule has 4 heteroatoms. The summed E-state index contributed by atoms with van der Waals surface area (Å²) in [6.07, 6.45) is 2.36. The Kier molecular flexibility index (Phi) is 2.08. The van der Waals surface area contributed by atoms with Crippen molar-refractivity contribution in [3.05, 3.63) is 18.2 Å². The van der Waals surface area contributed by atoms with E-state index < -0.39 is 0 Å². The molecule has 1 aromatic carbocycles. The van der Waals surface area contributed by atoms with E-state index in [0.29, 0.717) is 11.7 Å². The Balaban J connectivity index is 2.06. The lowest BCUT2D eigenvalue weighted by Crippen LogP contribution is -2.38. The Morgan fingerprint density at radius 2 is 2.24 bits per heavy atom. The molecule has 3 rings (SSSR count). The van der Waals surface area contributed by atoms with Crippen molar-refractivity contribution in [1.29, 1.82) is 0 Å². The highest BCUT2D eigenvalue weighted by molar-refractivity contribution is 5.78. The van der Waals surface area contributed by atoms with Crippen LogP contribution in [0.25, 0.3) is 11.1 Å². The van der Waals surface area contributed by atoms with Gasteiger partial charge in [0.2, 0.25) is 0 Å². The first kappa shape index (κ1) is 10.4. The Morgan fingerprint density at radius 3 is 2.94 bits per heavy atom. The molecule has 90 valence electrons. The fourth-order valence-electron chi connectivity index (χ4n) is 2.51. The van der Waals surface area contributed by atoms with E-state index in [1.807, 2.05) is 18.2 Å². The number of benzene rings is 1. The van der Waals surface area contributed by atoms with Crippen LogP contribution < -0.4 is 10.6 Å². The predicted octanol–water partition coefficient (Wildman–Crippen LogP) is 2.79. The van der Waals surface area contributed by atoms with Gasteiger partial charge in [-0.3, -0.25) is 0 Å². The van der Waals surface area contributed by atoms with E-state index in [0.717, 1.165) is 17.6 Å². The summed E-state index contributed by atoms with van der Waals surface area (Å²) < 4.78 is 5.80. The lowest BCUT2D eigenvalue weighted by Gasteiger charge is -2.29. The molecule has 0 bridgehead atoms. The van der Waals surface area contributed by atoms with E-state index in [9.17, 15) is 0 Å². The Hall–Kier alpha value is -1.71. The topological polar surface area (TPSA) is 55.3 Å². The molecule has 0 spiro atoms. The summed E-state index contributed by atoms with van der Waals surface area (Å²) in [6.45, 7) is 5.46. The number of hydrogen-bond donors (Lipinski definition) is 1. The smallest absolute Gasteiger partial charge is 0.298 e. The van der Waals surface area contributed by atoms with Crippen molar-refractivity contribution < 1.29 is 4.42 Å². The van der Waals surface area contributed by atoms with Gasteiger partial charge in [-0.05, 0) is 38.8 Å². The zero-order valence-electron chi connectivity index (χ0n) is 10.2. The van der Waals surface area contributed by atoms with Crippen LogP contribution in [0, 0.1) is 0 Å². The fraction of sp³-hybridized carbons (Fsp3) is 0.462. The molecule has 1 aliphatic rings. The molecule has 0 atom stereocenters. The molecule has 4 nitrogen and oxygen atoms in total. The number of nitrogen functional groups attached to an aromatic ring is 1. The van der Waals surface area contributed by atoms with Crippen molar-refractivity contribution in [2.75, 3.05) is 17.2 Å². The molecule has 1 fully saturated rings. The minimum absolute atomic E-state index is 0.131. The number of anilines is 2. The predicted molar refractivity (Wildman–Crippen MR) is 69.1 cm³/mol. The molecule has 1 aliphatic heterocycles. The molecule has 1 saturated heterocycles. The van der Waals surface area contributed by atoms with Crippen molar-refractivity contribution in [3.8, 4) is 0 Å². The molecule has 17 heavy (non-hydrogen) atoms. The van der Waals surface area contributed by atoms with Crippen LogP contribution in [-0.2, 0) is 0 Å². The van der Waals surface area contributed by atoms with Crippen molar-refractivity contribution in [2.45, 2.75) is 32.2 Å². The number of oxazole rings is 1. The summed E-state index contributed by atoms with van der Waals surface area (Å²) in [7, 11) is 0. The third-order valence-electron chi connectivity index (χ3n) is 3.53. The van der Waals surface area contributed by atoms with Gasteiger partial charge in [-0.25, -0.2) is 0 Å². The van der Waals surface area contributed by atoms with Gasteiger partial charge in [-0.15, -0.1) is 0 Å². The third kappa shape index (κ3) is 1.64. The second kappa shape index (κ2) is 3.39. The van der Waals surface area contributed by atoms with Gasteiger partial charge in [-0.2, -0.15) is 4.98 Å². The first-order chi connectivity index (χ1) is 8.06. The van der Waals surface area contributed by atoms with E-state index in [-0.39, 0.29) is 5.54 Å². The van der Waals surface area contributed by atoms with Gasteiger partial charge in [0.25, 0.3) is 6.01 Å². The van der Waals surface area contributed by atoms with E-state index >= 15 is 0 Å². The maximum absolute atomic E-state index is 5.80. The molecule has 0 aliphatic carbocycles. The van der Waals surface area contributed by atoms with Crippen LogP contribution in [0.15, 0.2) is 22.6 Å². The van der Waals surface area contributed by atoms with Crippen molar-refractivity contribution >= 4 is 22.8 Å². The second-order valence-corrected chi connectivity index (χ2v) is 5.29. The van der Waals surface area contributed by atoms with E-state index in [2.05, 4.69) is 23.7 Å². The number of rotatable bonds is 1. The summed E-state index contributed by atoms with van der Waals surface area (Å²) in [5.41, 5.74) is 8.22. The maximum atomic E-state index is 5.80. The minimum atomic E-state index is 0.131. The highest BCUT2D eigenvalue weighted by atomic mass is 16.4. The lowest BCUT2D eigenvalue weighted by molar-refractivity contribution is 0.469. The fourth-order valence-corrected chi connectivity index (χ4v) is 2.51. The van der Waals surface area contributed by atoms with Gasteiger partial charge in [-0.1, -0.05) is 0 Å². The Morgan fingerprint density at radius 1 is 1.41 bits per heavy atom. The molecule has 2 N–H and O–H groups in total. The van der Waals surface area contributed by atoms with Crippen LogP contribution in [0.4, 0.5) is 11.7 Å². The minimum Gasteiger partial charge on any atom is -0.423 e. The summed E-state index contributed by atoms with van der Waals surface area (Å²) in [5.74, 6) is 0. The number of nitrogens with two attached hydrogens (primary N) is 1. The average Bonchev–Trinajstić information content (AvgIpc) is 2.79. The van der Waals surface area contributed by atoms with Crippen LogP contribution in [0.1, 0.15) is 26.7 Å². The van der Waals surface area contributed by atoms with Crippen molar-refractivity contribution in [2.24, 2.45) is 0 Å². The Bertz CT molecular complexity index is 559. The molecule has 2 heterocycles. The van der Waals surface area contributed by atoms with E-state index in [1.165, 1.54) is 12.8 Å². The number of hydrogen-bond acceptors (Lipinski definition) is 4. The van der Waals surface area contributed by atoms with Crippen LogP contribution in [0.2, 0.25) is 0 Å². The summed E-state index contributed by atoms with van der Waals surface area (Å²) in [5, 5.41) is 0. The average molecular weight is 231 g/mol. The van der Waals surface area contributed by atoms with E-state index in [1.54, 1.807) is 0 Å². The third-order valence-corrected chi connectivity index (χ3v) is 3.53. The summed E-state index contributed by atoms with van der Waals surface area (Å²) in [4.78, 5) is 6.77. The monoisotopic (exact) mass is 231 g/mol. The standard InChI is InChI=1S/C13H17N3O/c1-13(2)6-3-7-16(13)12-15-10-5-4-9(14)8-11(10)17-12/h4-5,8H,3,6-7,14H2,1-2H3. The van der Waals surface area contributed by atoms with Crippen molar-refractivity contribution in [1.82, 2.24) is 4.98 Å². The molecular weight excluding hydrogens is 214 g/mol. The second-order valence-electron chi connectivity index (χ2n) is 5.29. The molecule has 1 aromatic heterocycles. The summed E-state index contributed by atoms with van der Waals surface area (Å²) >= 11 is 0. The van der Waals surface area contributed by atoms with Crippen molar-refractivity contribution in [3.63, 3.8) is 0 Å². The van der Waals surface area contributed by atoms with Gasteiger partial charge in [0.15, 0.2) is 5.58 Å². The molecule has 0 saturated carbocycles. The number of fused-ring (bicyclic) bond motifs is 1. The quantitative estimate of drug-likeness (QED) is 0.767. The van der Waals surface area contributed by atoms with Crippen LogP contribution in [-0.4, -0.2) is 17.1 Å². The van der Waals surface area contributed by atoms with Gasteiger partial charge in [0, 0.05) is 23.8 Å². The lowest BCUT2D eigenvalue weighted by atomic mass is 10.0. The first-order valence-electron chi connectivity index (χ1n) is 6.00. The maximum Gasteiger partial charge on any atom is 0.298 e. The van der Waals surface area contributed by atoms with Crippen LogP contribution in [0.5, 0.6) is 0 Å². The summed E-state index contributed by atoms with van der Waals surface area (Å²) in [6, 6.07) is 6.30. The zero-order valence-corrected chi connectivity index (χ0v) is 10.2. The van der Waals surface area contributed by atoms with Gasteiger partial charge in [0.1, 0.15) is 5.52 Å². The van der Waals surface area contributed by atoms with E-state index in [4.69, 9.17) is 10.2 Å². The van der Waals surface area contributed by atoms with Crippen LogP contribution in [0.3, 0.4) is 0 Å². The molecule has 0 unspecified atom stereocenters. The molecular formula is C13H17N3O. The largest absolute Gasteiger partial charge is 0.423 e. The van der Waals surface area contributed by atoms with Gasteiger partial charge < -0.3 is 15.1 Å². The SMILES string of the molecule is CC1(C)CCCN1c1nc2ccc(N)cc2o1. The zero-order chi connectivity index (χ0) is 12.0. The van der Waals surface area contributed by atoms with Gasteiger partial charge >= 0.3 is 0 Å². The molecule has 2 aromatic rings. The molecule has 0 radical (unpaired) electrons. The highest BCUT2D eigenvalue weighted by Crippen LogP contribution is 2.34. The molecule has 0 amide bonds. The van der Waals surface area contributed by atoms with Gasteiger partial charge in [0.05, 0.1) is 0 Å². The Labute approximate surface area is 100 Å². The number of nitrogens with zero attached hydrogens (tertiary/aromatic N) is 2. The number of aromatic nitrogens is 1. The normalized spacial score (nSPS) is 19.1. The van der Waals surface area contributed by atoms with Crippen LogP contribution >= 0.6 is 0 Å². The first-order valence-corrected chi connectivity index (χ1v) is 6.00. The highest BCUT2D eigenvalue weighted by Gasteiger charge is 2.34.